The Hall–Kier alpha value is -0.120. The fraction of sp³-hybridized carbons (Fsp3) is 1.00. The maximum Gasteiger partial charge on any atom is 0.0809 e. The quantitative estimate of drug-likeness (QED) is 0.602. The molecule has 0 amide bonds. The summed E-state index contributed by atoms with van der Waals surface area (Å²) in [5.41, 5.74) is 0. The van der Waals surface area contributed by atoms with E-state index in [0.29, 0.717) is 6.10 Å². The van der Waals surface area contributed by atoms with E-state index in [1.54, 1.807) is 0 Å². The zero-order chi connectivity index (χ0) is 8.65. The smallest absolute Gasteiger partial charge is 0.0809 e. The molecule has 0 aromatic heterocycles. The number of nitrogens with one attached hydrogen (secondary N) is 1. The minimum Gasteiger partial charge on any atom is -0.377 e. The van der Waals surface area contributed by atoms with E-state index < -0.39 is 0 Å². The number of hydrogen-bond donors (Lipinski definition) is 1. The third-order valence-electron chi connectivity index (χ3n) is 2.00. The van der Waals surface area contributed by atoms with Crippen LogP contribution in [0.15, 0.2) is 0 Å². The SMILES string of the molecule is CCNCCOCC1CCCO1. The van der Waals surface area contributed by atoms with Crippen LogP contribution in [0.5, 0.6) is 0 Å². The molecule has 1 atom stereocenters. The van der Waals surface area contributed by atoms with Gasteiger partial charge in [0.15, 0.2) is 0 Å². The summed E-state index contributed by atoms with van der Waals surface area (Å²) in [7, 11) is 0. The highest BCUT2D eigenvalue weighted by atomic mass is 16.5. The Morgan fingerprint density at radius 2 is 2.50 bits per heavy atom. The van der Waals surface area contributed by atoms with Crippen molar-refractivity contribution in [2.45, 2.75) is 25.9 Å². The molecule has 72 valence electrons. The van der Waals surface area contributed by atoms with Crippen LogP contribution >= 0.6 is 0 Å². The summed E-state index contributed by atoms with van der Waals surface area (Å²) in [6.45, 7) is 6.55. The van der Waals surface area contributed by atoms with Crippen molar-refractivity contribution < 1.29 is 9.47 Å². The van der Waals surface area contributed by atoms with Crippen molar-refractivity contribution in [3.8, 4) is 0 Å². The minimum atomic E-state index is 0.367. The molecule has 1 aliphatic rings. The summed E-state index contributed by atoms with van der Waals surface area (Å²) in [6, 6.07) is 0. The highest BCUT2D eigenvalue weighted by Gasteiger charge is 2.14. The van der Waals surface area contributed by atoms with Crippen molar-refractivity contribution in [3.05, 3.63) is 0 Å². The van der Waals surface area contributed by atoms with Crippen molar-refractivity contribution >= 4 is 0 Å². The topological polar surface area (TPSA) is 30.5 Å². The molecule has 3 nitrogen and oxygen atoms in total. The molecular weight excluding hydrogens is 154 g/mol. The molecule has 1 fully saturated rings. The van der Waals surface area contributed by atoms with Crippen LogP contribution in [0.2, 0.25) is 0 Å². The second-order valence-corrected chi connectivity index (χ2v) is 3.06. The molecule has 0 radical (unpaired) electrons. The highest BCUT2D eigenvalue weighted by Crippen LogP contribution is 2.11. The lowest BCUT2D eigenvalue weighted by molar-refractivity contribution is 0.0184. The highest BCUT2D eigenvalue weighted by molar-refractivity contribution is 4.63. The van der Waals surface area contributed by atoms with E-state index in [0.717, 1.165) is 32.9 Å². The van der Waals surface area contributed by atoms with Crippen LogP contribution in [-0.2, 0) is 9.47 Å². The molecular formula is C9H19NO2. The van der Waals surface area contributed by atoms with Crippen molar-refractivity contribution in [3.63, 3.8) is 0 Å². The van der Waals surface area contributed by atoms with E-state index in [4.69, 9.17) is 9.47 Å². The van der Waals surface area contributed by atoms with Crippen LogP contribution in [0, 0.1) is 0 Å². The zero-order valence-electron chi connectivity index (χ0n) is 7.84. The van der Waals surface area contributed by atoms with Crippen LogP contribution in [0.3, 0.4) is 0 Å². The van der Waals surface area contributed by atoms with E-state index >= 15 is 0 Å². The van der Waals surface area contributed by atoms with Gasteiger partial charge in [0.05, 0.1) is 19.3 Å². The van der Waals surface area contributed by atoms with Crippen LogP contribution in [0.1, 0.15) is 19.8 Å². The second kappa shape index (κ2) is 6.40. The number of ether oxygens (including phenoxy) is 2. The van der Waals surface area contributed by atoms with Gasteiger partial charge in [0.2, 0.25) is 0 Å². The van der Waals surface area contributed by atoms with Gasteiger partial charge < -0.3 is 14.8 Å². The molecule has 0 spiro atoms. The van der Waals surface area contributed by atoms with Gasteiger partial charge in [-0.3, -0.25) is 0 Å². The van der Waals surface area contributed by atoms with Gasteiger partial charge in [0.1, 0.15) is 0 Å². The summed E-state index contributed by atoms with van der Waals surface area (Å²) in [5.74, 6) is 0. The normalized spacial score (nSPS) is 23.2. The first-order chi connectivity index (χ1) is 5.93. The molecule has 1 saturated heterocycles. The molecule has 0 saturated carbocycles. The molecule has 0 bridgehead atoms. The lowest BCUT2D eigenvalue weighted by Gasteiger charge is -2.09. The first-order valence-electron chi connectivity index (χ1n) is 4.83. The molecule has 12 heavy (non-hydrogen) atoms. The van der Waals surface area contributed by atoms with Gasteiger partial charge in [0.25, 0.3) is 0 Å². The summed E-state index contributed by atoms with van der Waals surface area (Å²) < 4.78 is 10.8. The van der Waals surface area contributed by atoms with E-state index in [-0.39, 0.29) is 0 Å². The van der Waals surface area contributed by atoms with Crippen LogP contribution in [0.4, 0.5) is 0 Å². The van der Waals surface area contributed by atoms with Gasteiger partial charge >= 0.3 is 0 Å². The van der Waals surface area contributed by atoms with Crippen LogP contribution < -0.4 is 5.32 Å². The third-order valence-corrected chi connectivity index (χ3v) is 2.00. The Morgan fingerprint density at radius 1 is 1.58 bits per heavy atom. The van der Waals surface area contributed by atoms with E-state index in [9.17, 15) is 0 Å². The molecule has 0 aliphatic carbocycles. The van der Waals surface area contributed by atoms with E-state index in [1.165, 1.54) is 12.8 Å². The first kappa shape index (κ1) is 9.96. The average Bonchev–Trinajstić information content (AvgIpc) is 2.57. The fourth-order valence-corrected chi connectivity index (χ4v) is 1.31. The van der Waals surface area contributed by atoms with Gasteiger partial charge in [-0.2, -0.15) is 0 Å². The predicted octanol–water partition coefficient (Wildman–Crippen LogP) is 0.791. The fourth-order valence-electron chi connectivity index (χ4n) is 1.31. The van der Waals surface area contributed by atoms with Crippen molar-refractivity contribution in [1.82, 2.24) is 5.32 Å². The summed E-state index contributed by atoms with van der Waals surface area (Å²) in [6.07, 6.45) is 2.73. The molecule has 0 aromatic rings. The van der Waals surface area contributed by atoms with Crippen molar-refractivity contribution in [2.24, 2.45) is 0 Å². The summed E-state index contributed by atoms with van der Waals surface area (Å²) in [5, 5.41) is 3.21. The van der Waals surface area contributed by atoms with Crippen LogP contribution in [-0.4, -0.2) is 39.0 Å². The Kier molecular flexibility index (Phi) is 5.32. The minimum absolute atomic E-state index is 0.367. The Bertz CT molecular complexity index is 103. The molecule has 1 heterocycles. The molecule has 1 rings (SSSR count). The maximum absolute atomic E-state index is 5.43. The zero-order valence-corrected chi connectivity index (χ0v) is 7.84. The molecule has 0 aromatic carbocycles. The summed E-state index contributed by atoms with van der Waals surface area (Å²) in [4.78, 5) is 0. The van der Waals surface area contributed by atoms with E-state index in [2.05, 4.69) is 12.2 Å². The van der Waals surface area contributed by atoms with Gasteiger partial charge in [-0.15, -0.1) is 0 Å². The van der Waals surface area contributed by atoms with Gasteiger partial charge in [-0.1, -0.05) is 6.92 Å². The number of likely N-dealkylation sites (N-methyl/N-ethyl adjacent to an activating group) is 1. The van der Waals surface area contributed by atoms with Gasteiger partial charge in [-0.05, 0) is 19.4 Å². The third kappa shape index (κ3) is 4.04. The molecule has 1 N–H and O–H groups in total. The molecule has 1 unspecified atom stereocenters. The largest absolute Gasteiger partial charge is 0.377 e. The van der Waals surface area contributed by atoms with E-state index in [1.807, 2.05) is 0 Å². The lowest BCUT2D eigenvalue weighted by atomic mass is 10.2. The van der Waals surface area contributed by atoms with Gasteiger partial charge in [-0.25, -0.2) is 0 Å². The Morgan fingerprint density at radius 3 is 3.17 bits per heavy atom. The maximum atomic E-state index is 5.43. The van der Waals surface area contributed by atoms with Crippen molar-refractivity contribution in [1.29, 1.82) is 0 Å². The lowest BCUT2D eigenvalue weighted by Crippen LogP contribution is -2.22. The van der Waals surface area contributed by atoms with Gasteiger partial charge in [0, 0.05) is 13.2 Å². The Labute approximate surface area is 74.4 Å². The monoisotopic (exact) mass is 173 g/mol. The standard InChI is InChI=1S/C9H19NO2/c1-2-10-5-7-11-8-9-4-3-6-12-9/h9-10H,2-8H2,1H3. The average molecular weight is 173 g/mol. The second-order valence-electron chi connectivity index (χ2n) is 3.06. The van der Waals surface area contributed by atoms with Crippen LogP contribution in [0.25, 0.3) is 0 Å². The Balaban J connectivity index is 1.81. The number of hydrogen-bond acceptors (Lipinski definition) is 3. The predicted molar refractivity (Wildman–Crippen MR) is 48.3 cm³/mol. The van der Waals surface area contributed by atoms with Crippen molar-refractivity contribution in [2.75, 3.05) is 32.9 Å². The molecule has 1 aliphatic heterocycles. The number of rotatable bonds is 6. The molecule has 3 heteroatoms. The summed E-state index contributed by atoms with van der Waals surface area (Å²) >= 11 is 0. The first-order valence-corrected chi connectivity index (χ1v) is 4.83.